The lowest BCUT2D eigenvalue weighted by molar-refractivity contribution is 0.0751. The molecule has 1 amide bonds. The summed E-state index contributed by atoms with van der Waals surface area (Å²) in [4.78, 5) is 14.2. The average molecular weight is 282 g/mol. The summed E-state index contributed by atoms with van der Waals surface area (Å²) in [6.07, 6.45) is 3.34. The lowest BCUT2D eigenvalue weighted by atomic mass is 9.89. The average Bonchev–Trinajstić information content (AvgIpc) is 2.64. The number of rotatable bonds is 2. The molecule has 104 valence electrons. The number of amides is 1. The lowest BCUT2D eigenvalue weighted by Gasteiger charge is -2.21. The molecule has 5 heteroatoms. The monoisotopic (exact) mass is 281 g/mol. The quantitative estimate of drug-likeness (QED) is 0.837. The minimum Gasteiger partial charge on any atom is -0.337 e. The number of aromatic nitrogens is 2. The number of likely N-dealkylation sites (tertiary alicyclic amines) is 1. The maximum Gasteiger partial charge on any atom is 0.274 e. The molecule has 0 bridgehead atoms. The molecule has 0 N–H and O–H groups in total. The third-order valence-electron chi connectivity index (χ3n) is 3.85. The summed E-state index contributed by atoms with van der Waals surface area (Å²) in [5.41, 5.74) is 0.382. The molecule has 19 heavy (non-hydrogen) atoms. The minimum atomic E-state index is -0.0337. The van der Waals surface area contributed by atoms with Crippen molar-refractivity contribution in [2.24, 2.45) is 11.8 Å². The van der Waals surface area contributed by atoms with Crippen LogP contribution in [0.1, 0.15) is 43.6 Å². The van der Waals surface area contributed by atoms with E-state index in [4.69, 9.17) is 11.6 Å². The van der Waals surface area contributed by atoms with E-state index in [1.54, 1.807) is 12.1 Å². The highest BCUT2D eigenvalue weighted by Gasteiger charge is 2.23. The molecule has 2 rings (SSSR count). The van der Waals surface area contributed by atoms with Crippen molar-refractivity contribution in [3.05, 3.63) is 23.0 Å². The molecular formula is C14H20ClN3O. The van der Waals surface area contributed by atoms with Crippen molar-refractivity contribution in [1.82, 2.24) is 15.1 Å². The molecule has 1 fully saturated rings. The molecule has 1 atom stereocenters. The molecule has 2 heterocycles. The van der Waals surface area contributed by atoms with E-state index in [0.717, 1.165) is 25.9 Å². The van der Waals surface area contributed by atoms with Gasteiger partial charge in [0.15, 0.2) is 10.8 Å². The molecule has 1 aliphatic rings. The summed E-state index contributed by atoms with van der Waals surface area (Å²) < 4.78 is 0. The second kappa shape index (κ2) is 6.33. The number of carbonyl (C=O) groups is 1. The highest BCUT2D eigenvalue weighted by atomic mass is 35.5. The number of hydrogen-bond acceptors (Lipinski definition) is 3. The maximum atomic E-state index is 12.3. The molecule has 4 nitrogen and oxygen atoms in total. The van der Waals surface area contributed by atoms with E-state index in [1.807, 2.05) is 4.90 Å². The Morgan fingerprint density at radius 2 is 2.11 bits per heavy atom. The Balaban J connectivity index is 2.02. The van der Waals surface area contributed by atoms with E-state index < -0.39 is 0 Å². The van der Waals surface area contributed by atoms with Crippen LogP contribution in [0, 0.1) is 11.8 Å². The first kappa shape index (κ1) is 14.3. The first-order valence-electron chi connectivity index (χ1n) is 6.86. The van der Waals surface area contributed by atoms with Crippen molar-refractivity contribution in [3.63, 3.8) is 0 Å². The summed E-state index contributed by atoms with van der Waals surface area (Å²) in [5, 5.41) is 7.91. The van der Waals surface area contributed by atoms with E-state index in [9.17, 15) is 4.79 Å². The fraction of sp³-hybridized carbons (Fsp3) is 0.643. The van der Waals surface area contributed by atoms with Gasteiger partial charge >= 0.3 is 0 Å². The Labute approximate surface area is 119 Å². The van der Waals surface area contributed by atoms with Gasteiger partial charge in [0.1, 0.15) is 0 Å². The number of halogens is 1. The van der Waals surface area contributed by atoms with Crippen LogP contribution < -0.4 is 0 Å². The van der Waals surface area contributed by atoms with Crippen LogP contribution in [0.5, 0.6) is 0 Å². The van der Waals surface area contributed by atoms with Crippen LogP contribution in [-0.2, 0) is 0 Å². The van der Waals surface area contributed by atoms with E-state index in [-0.39, 0.29) is 5.91 Å². The van der Waals surface area contributed by atoms with Gasteiger partial charge in [-0.1, -0.05) is 25.4 Å². The summed E-state index contributed by atoms with van der Waals surface area (Å²) in [5.74, 6) is 1.37. The van der Waals surface area contributed by atoms with Crippen LogP contribution in [-0.4, -0.2) is 34.1 Å². The second-order valence-electron chi connectivity index (χ2n) is 5.47. The molecule has 0 aliphatic carbocycles. The largest absolute Gasteiger partial charge is 0.337 e. The molecule has 0 saturated carbocycles. The molecule has 1 aliphatic heterocycles. The van der Waals surface area contributed by atoms with E-state index in [1.165, 1.54) is 6.42 Å². The van der Waals surface area contributed by atoms with Gasteiger partial charge in [-0.25, -0.2) is 0 Å². The predicted octanol–water partition coefficient (Wildman–Crippen LogP) is 3.03. The highest BCUT2D eigenvalue weighted by Crippen LogP contribution is 2.25. The topological polar surface area (TPSA) is 46.1 Å². The Kier molecular flexibility index (Phi) is 4.75. The van der Waals surface area contributed by atoms with Gasteiger partial charge in [0, 0.05) is 13.1 Å². The van der Waals surface area contributed by atoms with Crippen LogP contribution in [0.4, 0.5) is 0 Å². The van der Waals surface area contributed by atoms with Crippen molar-refractivity contribution in [2.45, 2.75) is 33.1 Å². The summed E-state index contributed by atoms with van der Waals surface area (Å²) in [6.45, 7) is 6.14. The number of carbonyl (C=O) groups excluding carboxylic acids is 1. The van der Waals surface area contributed by atoms with E-state index in [0.29, 0.717) is 22.7 Å². The van der Waals surface area contributed by atoms with Crippen LogP contribution in [0.2, 0.25) is 5.15 Å². The van der Waals surface area contributed by atoms with Crippen molar-refractivity contribution in [3.8, 4) is 0 Å². The third-order valence-corrected chi connectivity index (χ3v) is 4.06. The van der Waals surface area contributed by atoms with Gasteiger partial charge in [-0.3, -0.25) is 4.79 Å². The Morgan fingerprint density at radius 3 is 2.74 bits per heavy atom. The molecule has 1 saturated heterocycles. The van der Waals surface area contributed by atoms with Crippen LogP contribution in [0.25, 0.3) is 0 Å². The SMILES string of the molecule is CC(C)C1CCCN(C(=O)c2ccc(Cl)nn2)CC1. The molecule has 1 unspecified atom stereocenters. The normalized spacial score (nSPS) is 20.4. The Bertz CT molecular complexity index is 433. The zero-order valence-electron chi connectivity index (χ0n) is 11.5. The van der Waals surface area contributed by atoms with Crippen LogP contribution >= 0.6 is 11.6 Å². The predicted molar refractivity (Wildman–Crippen MR) is 75.1 cm³/mol. The van der Waals surface area contributed by atoms with Crippen molar-refractivity contribution in [1.29, 1.82) is 0 Å². The molecule has 1 aromatic heterocycles. The molecule has 0 aromatic carbocycles. The molecule has 0 radical (unpaired) electrons. The van der Waals surface area contributed by atoms with Gasteiger partial charge in [0.05, 0.1) is 0 Å². The zero-order valence-corrected chi connectivity index (χ0v) is 12.2. The summed E-state index contributed by atoms with van der Waals surface area (Å²) in [7, 11) is 0. The molecular weight excluding hydrogens is 262 g/mol. The van der Waals surface area contributed by atoms with Crippen LogP contribution in [0.3, 0.4) is 0 Å². The Morgan fingerprint density at radius 1 is 1.32 bits per heavy atom. The summed E-state index contributed by atoms with van der Waals surface area (Å²) in [6, 6.07) is 3.25. The van der Waals surface area contributed by atoms with Gasteiger partial charge in [-0.05, 0) is 43.2 Å². The minimum absolute atomic E-state index is 0.0337. The smallest absolute Gasteiger partial charge is 0.274 e. The zero-order chi connectivity index (χ0) is 13.8. The first-order valence-corrected chi connectivity index (χ1v) is 7.24. The van der Waals surface area contributed by atoms with Gasteiger partial charge < -0.3 is 4.90 Å². The van der Waals surface area contributed by atoms with E-state index in [2.05, 4.69) is 24.0 Å². The van der Waals surface area contributed by atoms with Crippen molar-refractivity contribution < 1.29 is 4.79 Å². The number of hydrogen-bond donors (Lipinski definition) is 0. The second-order valence-corrected chi connectivity index (χ2v) is 5.86. The van der Waals surface area contributed by atoms with Gasteiger partial charge in [-0.15, -0.1) is 10.2 Å². The maximum absolute atomic E-state index is 12.3. The molecule has 1 aromatic rings. The van der Waals surface area contributed by atoms with Crippen molar-refractivity contribution >= 4 is 17.5 Å². The van der Waals surface area contributed by atoms with Gasteiger partial charge in [0.25, 0.3) is 5.91 Å². The van der Waals surface area contributed by atoms with Gasteiger partial charge in [0.2, 0.25) is 0 Å². The Hall–Kier alpha value is -1.16. The first-order chi connectivity index (χ1) is 9.08. The fourth-order valence-electron chi connectivity index (χ4n) is 2.58. The lowest BCUT2D eigenvalue weighted by Crippen LogP contribution is -2.32. The van der Waals surface area contributed by atoms with E-state index >= 15 is 0 Å². The van der Waals surface area contributed by atoms with Crippen molar-refractivity contribution in [2.75, 3.05) is 13.1 Å². The fourth-order valence-corrected chi connectivity index (χ4v) is 2.68. The standard InChI is InChI=1S/C14H20ClN3O/c1-10(2)11-4-3-8-18(9-7-11)14(19)12-5-6-13(15)17-16-12/h5-6,10-11H,3-4,7-9H2,1-2H3. The van der Waals surface area contributed by atoms with Crippen LogP contribution in [0.15, 0.2) is 12.1 Å². The number of nitrogens with zero attached hydrogens (tertiary/aromatic N) is 3. The molecule has 0 spiro atoms. The van der Waals surface area contributed by atoms with Gasteiger partial charge in [-0.2, -0.15) is 0 Å². The third kappa shape index (κ3) is 3.66. The highest BCUT2D eigenvalue weighted by molar-refractivity contribution is 6.29. The summed E-state index contributed by atoms with van der Waals surface area (Å²) >= 11 is 5.68.